The highest BCUT2D eigenvalue weighted by molar-refractivity contribution is 7.99. The first kappa shape index (κ1) is 15.4. The number of hydrogen-bond donors (Lipinski definition) is 1. The summed E-state index contributed by atoms with van der Waals surface area (Å²) < 4.78 is 5.28. The van der Waals surface area contributed by atoms with Crippen molar-refractivity contribution in [3.8, 4) is 0 Å². The Hall–Kier alpha value is -0.650. The molecule has 1 rings (SSSR count). The van der Waals surface area contributed by atoms with Gasteiger partial charge in [0.15, 0.2) is 5.16 Å². The zero-order chi connectivity index (χ0) is 13.1. The molecule has 1 heterocycles. The summed E-state index contributed by atoms with van der Waals surface area (Å²) in [7, 11) is 0. The predicted octanol–water partition coefficient (Wildman–Crippen LogP) is 2.28. The molecule has 0 aliphatic rings. The average Bonchev–Trinajstić information content (AvgIpc) is 2.39. The third-order valence-electron chi connectivity index (χ3n) is 2.36. The standard InChI is InChI=1S/C13H23N3OS/c1-3-17-8-5-4-6-14-7-9-18-13-15-10-12(2)11-16-13/h10-11,14H,3-9H2,1-2H3. The highest BCUT2D eigenvalue weighted by Gasteiger charge is 1.96. The molecule has 0 bridgehead atoms. The van der Waals surface area contributed by atoms with Gasteiger partial charge < -0.3 is 10.1 Å². The van der Waals surface area contributed by atoms with Gasteiger partial charge in [0, 0.05) is 37.9 Å². The lowest BCUT2D eigenvalue weighted by molar-refractivity contribution is 0.143. The maximum atomic E-state index is 5.28. The molecule has 0 radical (unpaired) electrons. The van der Waals surface area contributed by atoms with E-state index in [4.69, 9.17) is 4.74 Å². The van der Waals surface area contributed by atoms with Gasteiger partial charge in [-0.05, 0) is 38.8 Å². The molecule has 0 aliphatic heterocycles. The molecule has 0 saturated heterocycles. The lowest BCUT2D eigenvalue weighted by atomic mass is 10.3. The summed E-state index contributed by atoms with van der Waals surface area (Å²) in [6.45, 7) is 7.78. The second-order valence-electron chi connectivity index (χ2n) is 4.05. The number of hydrogen-bond acceptors (Lipinski definition) is 5. The first-order valence-corrected chi connectivity index (χ1v) is 7.51. The van der Waals surface area contributed by atoms with E-state index in [0.717, 1.165) is 49.2 Å². The van der Waals surface area contributed by atoms with E-state index in [0.29, 0.717) is 0 Å². The van der Waals surface area contributed by atoms with Crippen LogP contribution in [0.25, 0.3) is 0 Å². The molecular weight excluding hydrogens is 246 g/mol. The fourth-order valence-electron chi connectivity index (χ4n) is 1.39. The maximum Gasteiger partial charge on any atom is 0.187 e. The highest BCUT2D eigenvalue weighted by atomic mass is 32.2. The third kappa shape index (κ3) is 7.63. The second kappa shape index (κ2) is 10.3. The van der Waals surface area contributed by atoms with Crippen molar-refractivity contribution in [3.63, 3.8) is 0 Å². The maximum absolute atomic E-state index is 5.28. The van der Waals surface area contributed by atoms with Crippen molar-refractivity contribution < 1.29 is 4.74 Å². The quantitative estimate of drug-likeness (QED) is 0.401. The fraction of sp³-hybridized carbons (Fsp3) is 0.692. The monoisotopic (exact) mass is 269 g/mol. The molecule has 0 fully saturated rings. The van der Waals surface area contributed by atoms with Gasteiger partial charge in [0.2, 0.25) is 0 Å². The number of thioether (sulfide) groups is 1. The average molecular weight is 269 g/mol. The molecule has 5 heteroatoms. The van der Waals surface area contributed by atoms with Crippen LogP contribution >= 0.6 is 11.8 Å². The smallest absolute Gasteiger partial charge is 0.187 e. The van der Waals surface area contributed by atoms with Crippen LogP contribution in [0.3, 0.4) is 0 Å². The molecule has 4 nitrogen and oxygen atoms in total. The summed E-state index contributed by atoms with van der Waals surface area (Å²) in [4.78, 5) is 8.51. The topological polar surface area (TPSA) is 47.0 Å². The van der Waals surface area contributed by atoms with Gasteiger partial charge in [-0.3, -0.25) is 0 Å². The van der Waals surface area contributed by atoms with Gasteiger partial charge in [-0.25, -0.2) is 9.97 Å². The molecule has 1 aromatic heterocycles. The molecule has 18 heavy (non-hydrogen) atoms. The largest absolute Gasteiger partial charge is 0.382 e. The zero-order valence-corrected chi connectivity index (χ0v) is 12.1. The normalized spacial score (nSPS) is 10.8. The van der Waals surface area contributed by atoms with Crippen molar-refractivity contribution in [2.75, 3.05) is 32.1 Å². The molecule has 0 aliphatic carbocycles. The Morgan fingerprint density at radius 3 is 2.72 bits per heavy atom. The Balaban J connectivity index is 1.91. The van der Waals surface area contributed by atoms with Gasteiger partial charge >= 0.3 is 0 Å². The van der Waals surface area contributed by atoms with Crippen molar-refractivity contribution in [1.82, 2.24) is 15.3 Å². The van der Waals surface area contributed by atoms with E-state index in [1.807, 2.05) is 26.2 Å². The van der Waals surface area contributed by atoms with E-state index in [9.17, 15) is 0 Å². The van der Waals surface area contributed by atoms with Gasteiger partial charge in [-0.1, -0.05) is 11.8 Å². The Morgan fingerprint density at radius 2 is 2.00 bits per heavy atom. The van der Waals surface area contributed by atoms with Crippen LogP contribution in [0.4, 0.5) is 0 Å². The summed E-state index contributed by atoms with van der Waals surface area (Å²) in [5.41, 5.74) is 1.10. The van der Waals surface area contributed by atoms with Crippen LogP contribution < -0.4 is 5.32 Å². The highest BCUT2D eigenvalue weighted by Crippen LogP contribution is 2.10. The molecule has 1 aromatic rings. The lowest BCUT2D eigenvalue weighted by Gasteiger charge is -2.04. The van der Waals surface area contributed by atoms with Crippen molar-refractivity contribution in [2.24, 2.45) is 0 Å². The van der Waals surface area contributed by atoms with E-state index in [-0.39, 0.29) is 0 Å². The predicted molar refractivity (Wildman–Crippen MR) is 76.1 cm³/mol. The number of aromatic nitrogens is 2. The van der Waals surface area contributed by atoms with Crippen LogP contribution in [0.15, 0.2) is 17.6 Å². The number of unbranched alkanes of at least 4 members (excludes halogenated alkanes) is 1. The van der Waals surface area contributed by atoms with Crippen molar-refractivity contribution in [2.45, 2.75) is 31.8 Å². The minimum absolute atomic E-state index is 0.820. The summed E-state index contributed by atoms with van der Waals surface area (Å²) in [6, 6.07) is 0. The summed E-state index contributed by atoms with van der Waals surface area (Å²) in [5, 5.41) is 4.27. The van der Waals surface area contributed by atoms with Crippen LogP contribution in [0.2, 0.25) is 0 Å². The van der Waals surface area contributed by atoms with Gasteiger partial charge in [0.05, 0.1) is 0 Å². The molecule has 102 valence electrons. The van der Waals surface area contributed by atoms with Gasteiger partial charge in [0.25, 0.3) is 0 Å². The van der Waals surface area contributed by atoms with Crippen LogP contribution in [0.5, 0.6) is 0 Å². The third-order valence-corrected chi connectivity index (χ3v) is 3.24. The Morgan fingerprint density at radius 1 is 1.22 bits per heavy atom. The van der Waals surface area contributed by atoms with E-state index < -0.39 is 0 Å². The van der Waals surface area contributed by atoms with Crippen LogP contribution in [-0.2, 0) is 4.74 Å². The Kier molecular flexibility index (Phi) is 8.81. The number of ether oxygens (including phenoxy) is 1. The molecule has 0 spiro atoms. The van der Waals surface area contributed by atoms with Crippen LogP contribution in [0, 0.1) is 6.92 Å². The molecule has 0 saturated carbocycles. The van der Waals surface area contributed by atoms with Crippen molar-refractivity contribution in [3.05, 3.63) is 18.0 Å². The first-order chi connectivity index (χ1) is 8.83. The van der Waals surface area contributed by atoms with Crippen molar-refractivity contribution >= 4 is 11.8 Å². The van der Waals surface area contributed by atoms with Gasteiger partial charge in [-0.2, -0.15) is 0 Å². The zero-order valence-electron chi connectivity index (χ0n) is 11.3. The number of nitrogens with one attached hydrogen (secondary N) is 1. The van der Waals surface area contributed by atoms with Gasteiger partial charge in [-0.15, -0.1) is 0 Å². The van der Waals surface area contributed by atoms with Gasteiger partial charge in [0.1, 0.15) is 0 Å². The van der Waals surface area contributed by atoms with E-state index in [2.05, 4.69) is 15.3 Å². The summed E-state index contributed by atoms with van der Waals surface area (Å²) in [6.07, 6.45) is 6.02. The number of nitrogens with zero attached hydrogens (tertiary/aromatic N) is 2. The van der Waals surface area contributed by atoms with E-state index in [1.54, 1.807) is 11.8 Å². The fourth-order valence-corrected chi connectivity index (χ4v) is 2.08. The number of rotatable bonds is 10. The minimum Gasteiger partial charge on any atom is -0.382 e. The van der Waals surface area contributed by atoms with E-state index in [1.165, 1.54) is 6.42 Å². The molecule has 0 amide bonds. The van der Waals surface area contributed by atoms with Crippen LogP contribution in [-0.4, -0.2) is 42.0 Å². The van der Waals surface area contributed by atoms with Crippen molar-refractivity contribution in [1.29, 1.82) is 0 Å². The Bertz CT molecular complexity index is 306. The SMILES string of the molecule is CCOCCCCNCCSc1ncc(C)cn1. The molecule has 0 unspecified atom stereocenters. The van der Waals surface area contributed by atoms with Crippen LogP contribution in [0.1, 0.15) is 25.3 Å². The molecule has 0 atom stereocenters. The minimum atomic E-state index is 0.820. The first-order valence-electron chi connectivity index (χ1n) is 6.53. The second-order valence-corrected chi connectivity index (χ2v) is 5.11. The summed E-state index contributed by atoms with van der Waals surface area (Å²) in [5.74, 6) is 1.01. The molecule has 1 N–H and O–H groups in total. The Labute approximate surface area is 114 Å². The lowest BCUT2D eigenvalue weighted by Crippen LogP contribution is -2.18. The molecule has 0 aromatic carbocycles. The molecular formula is C13H23N3OS. The number of aryl methyl sites for hydroxylation is 1. The van der Waals surface area contributed by atoms with E-state index >= 15 is 0 Å². The summed E-state index contributed by atoms with van der Waals surface area (Å²) >= 11 is 1.69.